The van der Waals surface area contributed by atoms with Gasteiger partial charge in [-0.05, 0) is 50.2 Å². The van der Waals surface area contributed by atoms with Crippen LogP contribution in [0, 0.1) is 6.92 Å². The number of hydrogen-bond donors (Lipinski definition) is 0. The van der Waals surface area contributed by atoms with Crippen molar-refractivity contribution in [2.24, 2.45) is 0 Å². The summed E-state index contributed by atoms with van der Waals surface area (Å²) in [6.45, 7) is 7.51. The fourth-order valence-corrected chi connectivity index (χ4v) is 3.59. The van der Waals surface area contributed by atoms with Crippen LogP contribution >= 0.6 is 0 Å². The molecule has 0 aliphatic carbocycles. The van der Waals surface area contributed by atoms with E-state index in [1.54, 1.807) is 0 Å². The Morgan fingerprint density at radius 1 is 1.00 bits per heavy atom. The van der Waals surface area contributed by atoms with E-state index in [1.807, 2.05) is 48.5 Å². The van der Waals surface area contributed by atoms with E-state index >= 15 is 0 Å². The fraction of sp³-hybridized carbons (Fsp3) is 0.304. The molecule has 2 heterocycles. The lowest BCUT2D eigenvalue weighted by Crippen LogP contribution is -2.49. The van der Waals surface area contributed by atoms with E-state index in [4.69, 9.17) is 4.74 Å². The molecule has 0 atom stereocenters. The Morgan fingerprint density at radius 2 is 1.69 bits per heavy atom. The summed E-state index contributed by atoms with van der Waals surface area (Å²) in [6, 6.07) is 15.8. The Morgan fingerprint density at radius 3 is 2.34 bits per heavy atom. The van der Waals surface area contributed by atoms with Gasteiger partial charge in [0.1, 0.15) is 5.75 Å². The van der Waals surface area contributed by atoms with E-state index in [0.29, 0.717) is 25.3 Å². The lowest BCUT2D eigenvalue weighted by Gasteiger charge is -2.35. The number of aromatic nitrogens is 2. The third-order valence-corrected chi connectivity index (χ3v) is 5.20. The molecule has 2 aromatic carbocycles. The van der Waals surface area contributed by atoms with Gasteiger partial charge in [-0.3, -0.25) is 9.36 Å². The van der Waals surface area contributed by atoms with Crippen molar-refractivity contribution in [2.75, 3.05) is 37.7 Å². The molecule has 1 saturated heterocycles. The highest BCUT2D eigenvalue weighted by Gasteiger charge is 2.24. The van der Waals surface area contributed by atoms with Crippen molar-refractivity contribution < 1.29 is 9.53 Å². The largest absolute Gasteiger partial charge is 0.494 e. The number of piperazine rings is 1. The van der Waals surface area contributed by atoms with Crippen molar-refractivity contribution in [1.29, 1.82) is 0 Å². The molecule has 1 amide bonds. The Balaban J connectivity index is 1.42. The molecule has 29 heavy (non-hydrogen) atoms. The topological polar surface area (TPSA) is 50.6 Å². The van der Waals surface area contributed by atoms with E-state index in [9.17, 15) is 4.79 Å². The van der Waals surface area contributed by atoms with Gasteiger partial charge in [0.05, 0.1) is 6.61 Å². The average molecular weight is 390 g/mol. The Bertz CT molecular complexity index is 955. The van der Waals surface area contributed by atoms with Gasteiger partial charge in [0, 0.05) is 49.8 Å². The first-order valence-corrected chi connectivity index (χ1v) is 10.0. The zero-order valence-electron chi connectivity index (χ0n) is 16.9. The molecule has 1 aliphatic heterocycles. The summed E-state index contributed by atoms with van der Waals surface area (Å²) in [5, 5.41) is 0. The molecular weight excluding hydrogens is 364 g/mol. The average Bonchev–Trinajstić information content (AvgIpc) is 3.25. The maximum atomic E-state index is 12.8. The summed E-state index contributed by atoms with van der Waals surface area (Å²) < 4.78 is 7.56. The summed E-state index contributed by atoms with van der Waals surface area (Å²) in [6.07, 6.45) is 3.81. The highest BCUT2D eigenvalue weighted by atomic mass is 16.5. The zero-order chi connectivity index (χ0) is 20.2. The second kappa shape index (κ2) is 8.39. The minimum atomic E-state index is 0.0644. The summed E-state index contributed by atoms with van der Waals surface area (Å²) in [4.78, 5) is 21.5. The number of amides is 1. The summed E-state index contributed by atoms with van der Waals surface area (Å²) in [5.41, 5.74) is 3.02. The number of hydrogen-bond acceptors (Lipinski definition) is 4. The molecule has 0 spiro atoms. The second-order valence-corrected chi connectivity index (χ2v) is 7.17. The van der Waals surface area contributed by atoms with Gasteiger partial charge in [-0.2, -0.15) is 0 Å². The van der Waals surface area contributed by atoms with Crippen LogP contribution in [0.1, 0.15) is 22.8 Å². The standard InChI is InChI=1S/C23H26N4O2/c1-3-29-21-10-6-19(7-11-21)22(28)25-14-16-26(17-15-25)23-24-12-13-27(23)20-8-4-18(2)5-9-20/h4-13H,3,14-17H2,1-2H3. The van der Waals surface area contributed by atoms with Crippen LogP contribution in [0.4, 0.5) is 5.95 Å². The maximum Gasteiger partial charge on any atom is 0.253 e. The number of carbonyl (C=O) groups excluding carboxylic acids is 1. The van der Waals surface area contributed by atoms with Gasteiger partial charge in [0.15, 0.2) is 0 Å². The number of rotatable bonds is 5. The van der Waals surface area contributed by atoms with Gasteiger partial charge in [-0.25, -0.2) is 4.98 Å². The predicted octanol–water partition coefficient (Wildman–Crippen LogP) is 3.54. The molecule has 4 rings (SSSR count). The number of nitrogens with zero attached hydrogens (tertiary/aromatic N) is 4. The van der Waals surface area contributed by atoms with Crippen molar-refractivity contribution >= 4 is 11.9 Å². The third-order valence-electron chi connectivity index (χ3n) is 5.20. The molecule has 150 valence electrons. The summed E-state index contributed by atoms with van der Waals surface area (Å²) in [7, 11) is 0. The molecule has 0 N–H and O–H groups in total. The number of anilines is 1. The zero-order valence-corrected chi connectivity index (χ0v) is 16.9. The molecule has 1 fully saturated rings. The third kappa shape index (κ3) is 4.11. The molecule has 0 saturated carbocycles. The SMILES string of the molecule is CCOc1ccc(C(=O)N2CCN(c3nccn3-c3ccc(C)cc3)CC2)cc1. The van der Waals surface area contributed by atoms with Crippen LogP contribution in [-0.4, -0.2) is 53.1 Å². The van der Waals surface area contributed by atoms with E-state index in [-0.39, 0.29) is 5.91 Å². The van der Waals surface area contributed by atoms with Gasteiger partial charge in [0.25, 0.3) is 5.91 Å². The first kappa shape index (κ1) is 19.1. The van der Waals surface area contributed by atoms with Crippen LogP contribution < -0.4 is 9.64 Å². The van der Waals surface area contributed by atoms with E-state index in [0.717, 1.165) is 30.5 Å². The number of aryl methyl sites for hydroxylation is 1. The van der Waals surface area contributed by atoms with Gasteiger partial charge < -0.3 is 14.5 Å². The van der Waals surface area contributed by atoms with Gasteiger partial charge in [-0.15, -0.1) is 0 Å². The highest BCUT2D eigenvalue weighted by Crippen LogP contribution is 2.21. The van der Waals surface area contributed by atoms with Crippen LogP contribution in [0.2, 0.25) is 0 Å². The Labute approximate surface area is 171 Å². The van der Waals surface area contributed by atoms with Crippen molar-refractivity contribution in [3.63, 3.8) is 0 Å². The smallest absolute Gasteiger partial charge is 0.253 e. The molecule has 1 aromatic heterocycles. The molecule has 1 aliphatic rings. The highest BCUT2D eigenvalue weighted by molar-refractivity contribution is 5.94. The monoisotopic (exact) mass is 390 g/mol. The predicted molar refractivity (Wildman–Crippen MR) is 114 cm³/mol. The van der Waals surface area contributed by atoms with E-state index in [2.05, 4.69) is 45.6 Å². The first-order valence-electron chi connectivity index (χ1n) is 10.0. The van der Waals surface area contributed by atoms with Crippen LogP contribution in [0.5, 0.6) is 5.75 Å². The lowest BCUT2D eigenvalue weighted by atomic mass is 10.1. The molecular formula is C23H26N4O2. The van der Waals surface area contributed by atoms with Crippen molar-refractivity contribution in [3.05, 3.63) is 72.1 Å². The number of benzene rings is 2. The Kier molecular flexibility index (Phi) is 5.51. The van der Waals surface area contributed by atoms with Gasteiger partial charge in [0.2, 0.25) is 5.95 Å². The first-order chi connectivity index (χ1) is 14.2. The fourth-order valence-electron chi connectivity index (χ4n) is 3.59. The van der Waals surface area contributed by atoms with Crippen molar-refractivity contribution in [2.45, 2.75) is 13.8 Å². The summed E-state index contributed by atoms with van der Waals surface area (Å²) >= 11 is 0. The van der Waals surface area contributed by atoms with Crippen LogP contribution in [-0.2, 0) is 0 Å². The molecule has 0 unspecified atom stereocenters. The quantitative estimate of drug-likeness (QED) is 0.669. The van der Waals surface area contributed by atoms with Crippen LogP contribution in [0.3, 0.4) is 0 Å². The van der Waals surface area contributed by atoms with E-state index in [1.165, 1.54) is 5.56 Å². The van der Waals surface area contributed by atoms with Gasteiger partial charge in [-0.1, -0.05) is 17.7 Å². The molecule has 0 bridgehead atoms. The molecule has 6 nitrogen and oxygen atoms in total. The van der Waals surface area contributed by atoms with Crippen molar-refractivity contribution in [3.8, 4) is 11.4 Å². The molecule has 0 radical (unpaired) electrons. The minimum Gasteiger partial charge on any atom is -0.494 e. The molecule has 6 heteroatoms. The number of imidazole rings is 1. The maximum absolute atomic E-state index is 12.8. The van der Waals surface area contributed by atoms with Crippen LogP contribution in [0.15, 0.2) is 60.9 Å². The van der Waals surface area contributed by atoms with Crippen LogP contribution in [0.25, 0.3) is 5.69 Å². The minimum absolute atomic E-state index is 0.0644. The molecule has 3 aromatic rings. The Hall–Kier alpha value is -3.28. The second-order valence-electron chi connectivity index (χ2n) is 7.17. The van der Waals surface area contributed by atoms with E-state index < -0.39 is 0 Å². The number of ether oxygens (including phenoxy) is 1. The lowest BCUT2D eigenvalue weighted by molar-refractivity contribution is 0.0746. The van der Waals surface area contributed by atoms with Gasteiger partial charge >= 0.3 is 0 Å². The number of carbonyl (C=O) groups is 1. The summed E-state index contributed by atoms with van der Waals surface area (Å²) in [5.74, 6) is 1.77. The van der Waals surface area contributed by atoms with Crippen molar-refractivity contribution in [1.82, 2.24) is 14.5 Å². The normalized spacial score (nSPS) is 14.1.